The molecule has 2 N–H and O–H groups in total. The molecule has 1 unspecified atom stereocenters. The fourth-order valence-corrected chi connectivity index (χ4v) is 2.70. The van der Waals surface area contributed by atoms with Gasteiger partial charge in [-0.05, 0) is 40.0 Å². The summed E-state index contributed by atoms with van der Waals surface area (Å²) in [4.78, 5) is 22.4. The van der Waals surface area contributed by atoms with Crippen LogP contribution in [0.5, 0.6) is 0 Å². The first-order chi connectivity index (χ1) is 11.5. The molecule has 1 aromatic heterocycles. The number of piperidine rings is 1. The zero-order valence-electron chi connectivity index (χ0n) is 15.1. The number of aromatic nitrogens is 2. The standard InChI is InChI=1S/C17H29N5O2/c1-5-12(3)18-15-11-16(20-13(4)19-15)21-14-7-9-22(10-8-14)17(23)24-6-2/h11-12,14H,5-10H2,1-4H3,(H2,18,19,20,21). The summed E-state index contributed by atoms with van der Waals surface area (Å²) in [6.45, 7) is 9.84. The highest BCUT2D eigenvalue weighted by molar-refractivity contribution is 5.67. The van der Waals surface area contributed by atoms with Crippen LogP contribution in [0.15, 0.2) is 6.07 Å². The van der Waals surface area contributed by atoms with Gasteiger partial charge in [0.1, 0.15) is 17.5 Å². The smallest absolute Gasteiger partial charge is 0.409 e. The van der Waals surface area contributed by atoms with E-state index in [9.17, 15) is 4.79 Å². The van der Waals surface area contributed by atoms with Crippen molar-refractivity contribution in [3.05, 3.63) is 11.9 Å². The Balaban J connectivity index is 1.91. The molecule has 2 heterocycles. The fraction of sp³-hybridized carbons (Fsp3) is 0.706. The van der Waals surface area contributed by atoms with Gasteiger partial charge in [0.15, 0.2) is 0 Å². The lowest BCUT2D eigenvalue weighted by Gasteiger charge is -2.32. The van der Waals surface area contributed by atoms with Crippen LogP contribution in [0.3, 0.4) is 0 Å². The van der Waals surface area contributed by atoms with E-state index in [2.05, 4.69) is 34.4 Å². The molecular formula is C17H29N5O2. The number of aryl methyl sites for hydroxylation is 1. The molecule has 7 heteroatoms. The second kappa shape index (κ2) is 8.70. The van der Waals surface area contributed by atoms with Crippen molar-refractivity contribution in [2.24, 2.45) is 0 Å². The molecule has 24 heavy (non-hydrogen) atoms. The molecule has 1 amide bonds. The molecule has 134 valence electrons. The predicted octanol–water partition coefficient (Wildman–Crippen LogP) is 3.03. The number of amides is 1. The zero-order chi connectivity index (χ0) is 17.5. The van der Waals surface area contributed by atoms with Crippen molar-refractivity contribution >= 4 is 17.7 Å². The van der Waals surface area contributed by atoms with Crippen LogP contribution in [-0.2, 0) is 4.74 Å². The summed E-state index contributed by atoms with van der Waals surface area (Å²) in [7, 11) is 0. The van der Waals surface area contributed by atoms with Crippen LogP contribution in [0, 0.1) is 6.92 Å². The van der Waals surface area contributed by atoms with Crippen LogP contribution in [0.25, 0.3) is 0 Å². The zero-order valence-corrected chi connectivity index (χ0v) is 15.1. The van der Waals surface area contributed by atoms with Gasteiger partial charge in [0.05, 0.1) is 6.61 Å². The summed E-state index contributed by atoms with van der Waals surface area (Å²) in [6.07, 6.45) is 2.60. The number of nitrogens with one attached hydrogen (secondary N) is 2. The molecule has 0 bridgehead atoms. The summed E-state index contributed by atoms with van der Waals surface area (Å²) in [5.41, 5.74) is 0. The molecular weight excluding hydrogens is 306 g/mol. The topological polar surface area (TPSA) is 79.4 Å². The Morgan fingerprint density at radius 2 is 2.00 bits per heavy atom. The van der Waals surface area contributed by atoms with Gasteiger partial charge in [0.25, 0.3) is 0 Å². The Morgan fingerprint density at radius 1 is 1.33 bits per heavy atom. The van der Waals surface area contributed by atoms with E-state index >= 15 is 0 Å². The van der Waals surface area contributed by atoms with Crippen molar-refractivity contribution < 1.29 is 9.53 Å². The van der Waals surface area contributed by atoms with Crippen LogP contribution >= 0.6 is 0 Å². The molecule has 1 aliphatic rings. The van der Waals surface area contributed by atoms with Crippen molar-refractivity contribution in [2.75, 3.05) is 30.3 Å². The van der Waals surface area contributed by atoms with E-state index in [0.29, 0.717) is 31.8 Å². The summed E-state index contributed by atoms with van der Waals surface area (Å²) >= 11 is 0. The van der Waals surface area contributed by atoms with Crippen molar-refractivity contribution in [3.8, 4) is 0 Å². The van der Waals surface area contributed by atoms with Gasteiger partial charge in [-0.15, -0.1) is 0 Å². The molecule has 0 saturated carbocycles. The third-order valence-electron chi connectivity index (χ3n) is 4.22. The number of carbonyl (C=O) groups excluding carboxylic acids is 1. The minimum atomic E-state index is -0.214. The van der Waals surface area contributed by atoms with Crippen LogP contribution in [0.2, 0.25) is 0 Å². The van der Waals surface area contributed by atoms with Gasteiger partial charge in [-0.25, -0.2) is 14.8 Å². The summed E-state index contributed by atoms with van der Waals surface area (Å²) < 4.78 is 5.05. The first-order valence-corrected chi connectivity index (χ1v) is 8.82. The maximum atomic E-state index is 11.7. The summed E-state index contributed by atoms with van der Waals surface area (Å²) in [5, 5.41) is 6.86. The Bertz CT molecular complexity index is 544. The van der Waals surface area contributed by atoms with Gasteiger partial charge in [-0.2, -0.15) is 0 Å². The number of nitrogens with zero attached hydrogens (tertiary/aromatic N) is 3. The number of likely N-dealkylation sites (tertiary alicyclic amines) is 1. The molecule has 1 atom stereocenters. The van der Waals surface area contributed by atoms with E-state index < -0.39 is 0 Å². The molecule has 1 saturated heterocycles. The molecule has 0 aromatic carbocycles. The van der Waals surface area contributed by atoms with Gasteiger partial charge in [0, 0.05) is 31.2 Å². The fourth-order valence-electron chi connectivity index (χ4n) is 2.70. The van der Waals surface area contributed by atoms with Gasteiger partial charge in [-0.3, -0.25) is 0 Å². The molecule has 1 aliphatic heterocycles. The second-order valence-electron chi connectivity index (χ2n) is 6.24. The SMILES string of the molecule is CCOC(=O)N1CCC(Nc2cc(NC(C)CC)nc(C)n2)CC1. The second-order valence-corrected chi connectivity index (χ2v) is 6.24. The Labute approximate surface area is 144 Å². The lowest BCUT2D eigenvalue weighted by molar-refractivity contribution is 0.0983. The molecule has 1 fully saturated rings. The lowest BCUT2D eigenvalue weighted by Crippen LogP contribution is -2.42. The Kier molecular flexibility index (Phi) is 6.63. The van der Waals surface area contributed by atoms with E-state index in [1.54, 1.807) is 4.90 Å². The van der Waals surface area contributed by atoms with E-state index in [4.69, 9.17) is 4.74 Å². The first-order valence-electron chi connectivity index (χ1n) is 8.82. The quantitative estimate of drug-likeness (QED) is 0.832. The monoisotopic (exact) mass is 335 g/mol. The third-order valence-corrected chi connectivity index (χ3v) is 4.22. The van der Waals surface area contributed by atoms with Gasteiger partial charge < -0.3 is 20.3 Å². The molecule has 0 aliphatic carbocycles. The first kappa shape index (κ1) is 18.3. The average molecular weight is 335 g/mol. The number of hydrogen-bond acceptors (Lipinski definition) is 6. The van der Waals surface area contributed by atoms with Crippen molar-refractivity contribution in [1.82, 2.24) is 14.9 Å². The number of ether oxygens (including phenoxy) is 1. The molecule has 0 spiro atoms. The number of carbonyl (C=O) groups is 1. The van der Waals surface area contributed by atoms with Crippen molar-refractivity contribution in [2.45, 2.75) is 59.0 Å². The van der Waals surface area contributed by atoms with Crippen LogP contribution in [0.4, 0.5) is 16.4 Å². The molecule has 0 radical (unpaired) electrons. The third kappa shape index (κ3) is 5.25. The van der Waals surface area contributed by atoms with E-state index in [1.165, 1.54) is 0 Å². The predicted molar refractivity (Wildman–Crippen MR) is 95.4 cm³/mol. The minimum Gasteiger partial charge on any atom is -0.450 e. The number of rotatable bonds is 6. The van der Waals surface area contributed by atoms with Gasteiger partial charge in [0.2, 0.25) is 0 Å². The van der Waals surface area contributed by atoms with E-state index in [1.807, 2.05) is 19.9 Å². The summed E-state index contributed by atoms with van der Waals surface area (Å²) in [5.74, 6) is 2.43. The maximum Gasteiger partial charge on any atom is 0.409 e. The van der Waals surface area contributed by atoms with Gasteiger partial charge >= 0.3 is 6.09 Å². The highest BCUT2D eigenvalue weighted by atomic mass is 16.6. The van der Waals surface area contributed by atoms with Crippen LogP contribution in [0.1, 0.15) is 45.9 Å². The largest absolute Gasteiger partial charge is 0.450 e. The minimum absolute atomic E-state index is 0.214. The lowest BCUT2D eigenvalue weighted by atomic mass is 10.1. The number of hydrogen-bond donors (Lipinski definition) is 2. The van der Waals surface area contributed by atoms with Gasteiger partial charge in [-0.1, -0.05) is 6.92 Å². The van der Waals surface area contributed by atoms with Crippen LogP contribution < -0.4 is 10.6 Å². The Hall–Kier alpha value is -2.05. The highest BCUT2D eigenvalue weighted by Crippen LogP contribution is 2.18. The van der Waals surface area contributed by atoms with Crippen molar-refractivity contribution in [1.29, 1.82) is 0 Å². The summed E-state index contributed by atoms with van der Waals surface area (Å²) in [6, 6.07) is 2.64. The molecule has 2 rings (SSSR count). The molecule has 1 aromatic rings. The van der Waals surface area contributed by atoms with E-state index in [0.717, 1.165) is 36.7 Å². The average Bonchev–Trinajstić information content (AvgIpc) is 2.55. The Morgan fingerprint density at radius 3 is 2.62 bits per heavy atom. The number of anilines is 2. The molecule has 7 nitrogen and oxygen atoms in total. The van der Waals surface area contributed by atoms with Crippen molar-refractivity contribution in [3.63, 3.8) is 0 Å². The highest BCUT2D eigenvalue weighted by Gasteiger charge is 2.23. The van der Waals surface area contributed by atoms with Crippen LogP contribution in [-0.4, -0.2) is 52.7 Å². The maximum absolute atomic E-state index is 11.7. The normalized spacial score (nSPS) is 16.6. The van der Waals surface area contributed by atoms with E-state index in [-0.39, 0.29) is 6.09 Å².